The fraction of sp³-hybridized carbons (Fsp3) is 0.688. The molecule has 25 heavy (non-hydrogen) atoms. The number of likely N-dealkylation sites (N-methyl/N-ethyl adjacent to an activating group) is 1. The first-order valence-corrected chi connectivity index (χ1v) is 10.5. The maximum atomic E-state index is 12.7. The molecule has 1 amide bonds. The molecule has 9 heteroatoms. The highest BCUT2D eigenvalue weighted by molar-refractivity contribution is 7.91. The van der Waals surface area contributed by atoms with Gasteiger partial charge in [-0.05, 0) is 19.0 Å². The van der Waals surface area contributed by atoms with E-state index in [0.29, 0.717) is 31.2 Å². The van der Waals surface area contributed by atoms with E-state index in [1.807, 2.05) is 4.90 Å². The van der Waals surface area contributed by atoms with Gasteiger partial charge in [-0.2, -0.15) is 0 Å². The number of rotatable bonds is 4. The van der Waals surface area contributed by atoms with Crippen LogP contribution in [0.25, 0.3) is 0 Å². The van der Waals surface area contributed by atoms with Gasteiger partial charge in [0.05, 0.1) is 11.5 Å². The summed E-state index contributed by atoms with van der Waals surface area (Å²) in [6, 6.07) is 1.49. The number of anilines is 1. The van der Waals surface area contributed by atoms with Gasteiger partial charge < -0.3 is 14.7 Å². The molecule has 0 aliphatic carbocycles. The van der Waals surface area contributed by atoms with Crippen LogP contribution in [0, 0.1) is 0 Å². The Hall–Kier alpha value is -1.74. The molecule has 3 rings (SSSR count). The SMILES string of the molecule is CCN1CCN(C(=O)c2ccnc(N(C)C3CCS(=O)(=O)C3)n2)CC1. The Bertz CT molecular complexity index is 731. The Morgan fingerprint density at radius 1 is 1.32 bits per heavy atom. The summed E-state index contributed by atoms with van der Waals surface area (Å²) in [5, 5.41) is 0. The van der Waals surface area contributed by atoms with Gasteiger partial charge in [0, 0.05) is 45.5 Å². The number of amides is 1. The molecular formula is C16H25N5O3S. The predicted octanol–water partition coefficient (Wildman–Crippen LogP) is -0.122. The summed E-state index contributed by atoms with van der Waals surface area (Å²) in [5.74, 6) is 0.624. The average molecular weight is 367 g/mol. The lowest BCUT2D eigenvalue weighted by atomic mass is 10.2. The predicted molar refractivity (Wildman–Crippen MR) is 95.5 cm³/mol. The third-order valence-electron chi connectivity index (χ3n) is 5.04. The minimum atomic E-state index is -2.98. The van der Waals surface area contributed by atoms with Crippen LogP contribution < -0.4 is 4.90 Å². The molecule has 0 N–H and O–H groups in total. The Labute approximate surface area is 148 Å². The van der Waals surface area contributed by atoms with Gasteiger partial charge in [0.1, 0.15) is 5.69 Å². The van der Waals surface area contributed by atoms with Crippen molar-refractivity contribution >= 4 is 21.7 Å². The smallest absolute Gasteiger partial charge is 0.272 e. The van der Waals surface area contributed by atoms with Gasteiger partial charge in [0.2, 0.25) is 5.95 Å². The average Bonchev–Trinajstić information content (AvgIpc) is 3.00. The maximum Gasteiger partial charge on any atom is 0.272 e. The molecule has 0 bridgehead atoms. The van der Waals surface area contributed by atoms with Crippen LogP contribution >= 0.6 is 0 Å². The van der Waals surface area contributed by atoms with Gasteiger partial charge in [-0.3, -0.25) is 4.79 Å². The molecule has 8 nitrogen and oxygen atoms in total. The summed E-state index contributed by atoms with van der Waals surface area (Å²) in [7, 11) is -1.19. The first kappa shape index (κ1) is 18.1. The molecule has 0 spiro atoms. The van der Waals surface area contributed by atoms with Gasteiger partial charge >= 0.3 is 0 Å². The molecule has 2 aliphatic heterocycles. The van der Waals surface area contributed by atoms with E-state index in [0.717, 1.165) is 19.6 Å². The van der Waals surface area contributed by atoms with E-state index in [1.165, 1.54) is 0 Å². The number of sulfone groups is 1. The topological polar surface area (TPSA) is 86.7 Å². The minimum Gasteiger partial charge on any atom is -0.340 e. The van der Waals surface area contributed by atoms with Crippen molar-refractivity contribution in [1.82, 2.24) is 19.8 Å². The summed E-state index contributed by atoms with van der Waals surface area (Å²) < 4.78 is 23.4. The standard InChI is InChI=1S/C16H25N5O3S/c1-3-20-7-9-21(10-8-20)15(22)14-4-6-17-16(18-14)19(2)13-5-11-25(23,24)12-13/h4,6,13H,3,5,7-12H2,1-2H3. The molecule has 1 unspecified atom stereocenters. The van der Waals surface area contributed by atoms with Crippen molar-refractivity contribution in [2.24, 2.45) is 0 Å². The molecule has 2 aliphatic rings. The van der Waals surface area contributed by atoms with Crippen molar-refractivity contribution in [1.29, 1.82) is 0 Å². The molecular weight excluding hydrogens is 342 g/mol. The van der Waals surface area contributed by atoms with Crippen molar-refractivity contribution in [3.63, 3.8) is 0 Å². The van der Waals surface area contributed by atoms with Crippen LogP contribution in [-0.2, 0) is 9.84 Å². The van der Waals surface area contributed by atoms with Crippen LogP contribution in [0.4, 0.5) is 5.95 Å². The molecule has 3 heterocycles. The van der Waals surface area contributed by atoms with Crippen LogP contribution in [-0.4, -0.2) is 91.4 Å². The molecule has 0 radical (unpaired) electrons. The molecule has 1 aromatic heterocycles. The van der Waals surface area contributed by atoms with E-state index in [4.69, 9.17) is 0 Å². The first-order chi connectivity index (χ1) is 11.9. The van der Waals surface area contributed by atoms with E-state index in [1.54, 1.807) is 24.2 Å². The monoisotopic (exact) mass is 367 g/mol. The van der Waals surface area contributed by atoms with E-state index in [2.05, 4.69) is 21.8 Å². The largest absolute Gasteiger partial charge is 0.340 e. The van der Waals surface area contributed by atoms with Crippen molar-refractivity contribution < 1.29 is 13.2 Å². The van der Waals surface area contributed by atoms with E-state index in [9.17, 15) is 13.2 Å². The summed E-state index contributed by atoms with van der Waals surface area (Å²) in [6.45, 7) is 6.26. The van der Waals surface area contributed by atoms with Crippen LogP contribution in [0.1, 0.15) is 23.8 Å². The third kappa shape index (κ3) is 4.09. The number of piperazine rings is 1. The summed E-state index contributed by atoms with van der Waals surface area (Å²) in [6.07, 6.45) is 2.14. The zero-order valence-corrected chi connectivity index (χ0v) is 15.6. The molecule has 1 aromatic rings. The first-order valence-electron chi connectivity index (χ1n) is 8.67. The van der Waals surface area contributed by atoms with Gasteiger partial charge in [0.15, 0.2) is 9.84 Å². The minimum absolute atomic E-state index is 0.0909. The highest BCUT2D eigenvalue weighted by Gasteiger charge is 2.32. The Morgan fingerprint density at radius 2 is 2.04 bits per heavy atom. The Balaban J connectivity index is 1.70. The number of hydrogen-bond acceptors (Lipinski definition) is 7. The van der Waals surface area contributed by atoms with E-state index < -0.39 is 9.84 Å². The third-order valence-corrected chi connectivity index (χ3v) is 6.79. The molecule has 1 atom stereocenters. The highest BCUT2D eigenvalue weighted by atomic mass is 32.2. The van der Waals surface area contributed by atoms with Crippen LogP contribution in [0.15, 0.2) is 12.3 Å². The fourth-order valence-electron chi connectivity index (χ4n) is 3.31. The summed E-state index contributed by atoms with van der Waals surface area (Å²) in [4.78, 5) is 27.2. The lowest BCUT2D eigenvalue weighted by molar-refractivity contribution is 0.0637. The van der Waals surface area contributed by atoms with Crippen molar-refractivity contribution in [2.45, 2.75) is 19.4 Å². The lowest BCUT2D eigenvalue weighted by Crippen LogP contribution is -2.48. The maximum absolute atomic E-state index is 12.7. The van der Waals surface area contributed by atoms with Crippen molar-refractivity contribution in [3.8, 4) is 0 Å². The molecule has 0 aromatic carbocycles. The second kappa shape index (κ2) is 7.25. The van der Waals surface area contributed by atoms with Gasteiger partial charge in [-0.25, -0.2) is 18.4 Å². The normalized spacial score (nSPS) is 23.6. The number of hydrogen-bond donors (Lipinski definition) is 0. The molecule has 0 saturated carbocycles. The second-order valence-corrected chi connectivity index (χ2v) is 8.86. The van der Waals surface area contributed by atoms with Crippen molar-refractivity contribution in [2.75, 3.05) is 56.2 Å². The Morgan fingerprint density at radius 3 is 2.64 bits per heavy atom. The van der Waals surface area contributed by atoms with Crippen LogP contribution in [0.3, 0.4) is 0 Å². The Kier molecular flexibility index (Phi) is 5.24. The highest BCUT2D eigenvalue weighted by Crippen LogP contribution is 2.20. The van der Waals surface area contributed by atoms with Gasteiger partial charge in [-0.15, -0.1) is 0 Å². The van der Waals surface area contributed by atoms with E-state index >= 15 is 0 Å². The number of nitrogens with zero attached hydrogens (tertiary/aromatic N) is 5. The second-order valence-electron chi connectivity index (χ2n) is 6.64. The number of carbonyl (C=O) groups is 1. The molecule has 138 valence electrons. The lowest BCUT2D eigenvalue weighted by Gasteiger charge is -2.34. The van der Waals surface area contributed by atoms with Crippen LogP contribution in [0.2, 0.25) is 0 Å². The zero-order valence-electron chi connectivity index (χ0n) is 14.8. The van der Waals surface area contributed by atoms with Crippen molar-refractivity contribution in [3.05, 3.63) is 18.0 Å². The summed E-state index contributed by atoms with van der Waals surface area (Å²) in [5.41, 5.74) is 0.364. The summed E-state index contributed by atoms with van der Waals surface area (Å²) >= 11 is 0. The zero-order chi connectivity index (χ0) is 18.0. The molecule has 2 saturated heterocycles. The number of aromatic nitrogens is 2. The van der Waals surface area contributed by atoms with E-state index in [-0.39, 0.29) is 23.5 Å². The van der Waals surface area contributed by atoms with Gasteiger partial charge in [-0.1, -0.05) is 6.92 Å². The van der Waals surface area contributed by atoms with Gasteiger partial charge in [0.25, 0.3) is 5.91 Å². The van der Waals surface area contributed by atoms with Crippen LogP contribution in [0.5, 0.6) is 0 Å². The quantitative estimate of drug-likeness (QED) is 0.733. The number of carbonyl (C=O) groups excluding carboxylic acids is 1. The fourth-order valence-corrected chi connectivity index (χ4v) is 5.09. The molecule has 2 fully saturated rings.